The van der Waals surface area contributed by atoms with Crippen LogP contribution < -0.4 is 0 Å². The van der Waals surface area contributed by atoms with Crippen LogP contribution in [-0.2, 0) is 0 Å². The lowest BCUT2D eigenvalue weighted by Crippen LogP contribution is -2.39. The molecule has 0 aromatic heterocycles. The molecule has 6 heteroatoms. The largest absolute Gasteiger partial charge is 0.337 e. The van der Waals surface area contributed by atoms with Gasteiger partial charge < -0.3 is 4.90 Å². The van der Waals surface area contributed by atoms with Gasteiger partial charge in [0.1, 0.15) is 0 Å². The van der Waals surface area contributed by atoms with Crippen LogP contribution in [0.1, 0.15) is 30.6 Å². The number of benzene rings is 1. The Bertz CT molecular complexity index is 541. The summed E-state index contributed by atoms with van der Waals surface area (Å²) in [6.07, 6.45) is 0.851. The average Bonchev–Trinajstić information content (AvgIpc) is 2.80. The highest BCUT2D eigenvalue weighted by Gasteiger charge is 2.25. The van der Waals surface area contributed by atoms with Crippen LogP contribution in [0, 0.1) is 11.6 Å². The highest BCUT2D eigenvalue weighted by atomic mass is 32.2. The molecule has 1 aliphatic heterocycles. The number of carbonyl (C=O) groups is 1. The smallest absolute Gasteiger partial charge is 0.256 e. The van der Waals surface area contributed by atoms with E-state index in [1.807, 2.05) is 11.8 Å². The molecule has 1 aromatic carbocycles. The Balaban J connectivity index is 2.00. The summed E-state index contributed by atoms with van der Waals surface area (Å²) in [6, 6.07) is 4.22. The van der Waals surface area contributed by atoms with Crippen molar-refractivity contribution < 1.29 is 13.6 Å². The molecule has 1 fully saturated rings. The van der Waals surface area contributed by atoms with Crippen molar-refractivity contribution in [2.75, 3.05) is 37.7 Å². The van der Waals surface area contributed by atoms with Crippen LogP contribution in [0.3, 0.4) is 0 Å². The summed E-state index contributed by atoms with van der Waals surface area (Å²) in [5.74, 6) is -0.270. The summed E-state index contributed by atoms with van der Waals surface area (Å²) in [5.41, 5.74) is -0.173. The van der Waals surface area contributed by atoms with E-state index in [1.54, 1.807) is 4.90 Å². The first-order chi connectivity index (χ1) is 11.0. The van der Waals surface area contributed by atoms with Gasteiger partial charge in [0, 0.05) is 38.0 Å². The predicted molar refractivity (Wildman–Crippen MR) is 90.9 cm³/mol. The maximum atomic E-state index is 13.8. The minimum Gasteiger partial charge on any atom is -0.337 e. The molecule has 1 amide bonds. The van der Waals surface area contributed by atoms with E-state index in [-0.39, 0.29) is 5.56 Å². The van der Waals surface area contributed by atoms with E-state index in [0.717, 1.165) is 37.1 Å². The SMILES string of the molecule is CCSCC(C)N1CCCN(C(=O)c2cccc(F)c2F)CC1. The third kappa shape index (κ3) is 4.67. The second kappa shape index (κ2) is 8.64. The Labute approximate surface area is 141 Å². The number of amides is 1. The molecule has 0 aliphatic carbocycles. The Hall–Kier alpha value is -1.14. The van der Waals surface area contributed by atoms with Gasteiger partial charge in [-0.05, 0) is 31.2 Å². The minimum atomic E-state index is -1.05. The van der Waals surface area contributed by atoms with Gasteiger partial charge in [-0.2, -0.15) is 11.8 Å². The fraction of sp³-hybridized carbons (Fsp3) is 0.588. The second-order valence-corrected chi connectivity index (χ2v) is 7.11. The van der Waals surface area contributed by atoms with Crippen molar-refractivity contribution in [2.45, 2.75) is 26.3 Å². The Morgan fingerprint density at radius 3 is 2.78 bits per heavy atom. The molecule has 1 aliphatic rings. The maximum absolute atomic E-state index is 13.8. The van der Waals surface area contributed by atoms with Crippen molar-refractivity contribution in [1.82, 2.24) is 9.80 Å². The number of hydrogen-bond acceptors (Lipinski definition) is 3. The normalized spacial score (nSPS) is 17.8. The molecule has 2 rings (SSSR count). The first kappa shape index (κ1) is 18.2. The van der Waals surface area contributed by atoms with Crippen molar-refractivity contribution >= 4 is 17.7 Å². The monoisotopic (exact) mass is 342 g/mol. The van der Waals surface area contributed by atoms with Crippen LogP contribution in [0.2, 0.25) is 0 Å². The van der Waals surface area contributed by atoms with Gasteiger partial charge in [-0.3, -0.25) is 9.69 Å². The highest BCUT2D eigenvalue weighted by molar-refractivity contribution is 7.99. The number of thioether (sulfide) groups is 1. The molecule has 0 radical (unpaired) electrons. The Morgan fingerprint density at radius 1 is 1.26 bits per heavy atom. The first-order valence-corrected chi connectivity index (χ1v) is 9.25. The zero-order chi connectivity index (χ0) is 16.8. The number of halogens is 2. The molecule has 3 nitrogen and oxygen atoms in total. The van der Waals surface area contributed by atoms with Gasteiger partial charge in [-0.15, -0.1) is 0 Å². The standard InChI is InChI=1S/C17H24F2N2OS/c1-3-23-12-13(2)20-8-5-9-21(11-10-20)17(22)14-6-4-7-15(18)16(14)19/h4,6-7,13H,3,5,8-12H2,1-2H3. The van der Waals surface area contributed by atoms with Gasteiger partial charge in [0.25, 0.3) is 5.91 Å². The predicted octanol–water partition coefficient (Wildman–Crippen LogP) is 3.25. The van der Waals surface area contributed by atoms with Gasteiger partial charge in [-0.1, -0.05) is 13.0 Å². The fourth-order valence-electron chi connectivity index (χ4n) is 2.81. The van der Waals surface area contributed by atoms with Gasteiger partial charge in [0.15, 0.2) is 11.6 Å². The van der Waals surface area contributed by atoms with Crippen LogP contribution in [0.5, 0.6) is 0 Å². The van der Waals surface area contributed by atoms with E-state index in [0.29, 0.717) is 19.1 Å². The molecule has 0 saturated carbocycles. The third-order valence-corrected chi connectivity index (χ3v) is 5.31. The lowest BCUT2D eigenvalue weighted by molar-refractivity contribution is 0.0753. The van der Waals surface area contributed by atoms with Crippen LogP contribution in [-0.4, -0.2) is 59.4 Å². The van der Waals surface area contributed by atoms with Gasteiger partial charge in [0.2, 0.25) is 0 Å². The highest BCUT2D eigenvalue weighted by Crippen LogP contribution is 2.17. The Morgan fingerprint density at radius 2 is 2.04 bits per heavy atom. The van der Waals surface area contributed by atoms with Crippen molar-refractivity contribution in [3.05, 3.63) is 35.4 Å². The molecule has 0 N–H and O–H groups in total. The van der Waals surface area contributed by atoms with E-state index in [4.69, 9.17) is 0 Å². The molecular weight excluding hydrogens is 318 g/mol. The Kier molecular flexibility index (Phi) is 6.84. The van der Waals surface area contributed by atoms with Crippen LogP contribution in [0.25, 0.3) is 0 Å². The van der Waals surface area contributed by atoms with Crippen LogP contribution >= 0.6 is 11.8 Å². The summed E-state index contributed by atoms with van der Waals surface area (Å²) in [7, 11) is 0. The fourth-order valence-corrected chi connectivity index (χ4v) is 3.60. The summed E-state index contributed by atoms with van der Waals surface area (Å²) in [5, 5.41) is 0. The van der Waals surface area contributed by atoms with Gasteiger partial charge >= 0.3 is 0 Å². The number of nitrogens with zero attached hydrogens (tertiary/aromatic N) is 2. The second-order valence-electron chi connectivity index (χ2n) is 5.79. The zero-order valence-corrected chi connectivity index (χ0v) is 14.5. The van der Waals surface area contributed by atoms with Crippen molar-refractivity contribution in [3.8, 4) is 0 Å². The van der Waals surface area contributed by atoms with Crippen molar-refractivity contribution in [3.63, 3.8) is 0 Å². The van der Waals surface area contributed by atoms with Crippen LogP contribution in [0.15, 0.2) is 18.2 Å². The molecular formula is C17H24F2N2OS. The third-order valence-electron chi connectivity index (χ3n) is 4.19. The van der Waals surface area contributed by atoms with Gasteiger partial charge in [-0.25, -0.2) is 8.78 Å². The van der Waals surface area contributed by atoms with E-state index in [1.165, 1.54) is 12.1 Å². The van der Waals surface area contributed by atoms with Gasteiger partial charge in [0.05, 0.1) is 5.56 Å². The number of carbonyl (C=O) groups excluding carboxylic acids is 1. The number of rotatable bonds is 5. The topological polar surface area (TPSA) is 23.6 Å². The van der Waals surface area contributed by atoms with E-state index >= 15 is 0 Å². The molecule has 128 valence electrons. The lowest BCUT2D eigenvalue weighted by atomic mass is 10.1. The molecule has 1 atom stereocenters. The summed E-state index contributed by atoms with van der Waals surface area (Å²) in [4.78, 5) is 16.5. The minimum absolute atomic E-state index is 0.173. The number of hydrogen-bond donors (Lipinski definition) is 0. The van der Waals surface area contributed by atoms with Crippen molar-refractivity contribution in [2.24, 2.45) is 0 Å². The first-order valence-electron chi connectivity index (χ1n) is 8.09. The molecule has 0 bridgehead atoms. The maximum Gasteiger partial charge on any atom is 0.256 e. The molecule has 23 heavy (non-hydrogen) atoms. The van der Waals surface area contributed by atoms with E-state index < -0.39 is 17.5 Å². The van der Waals surface area contributed by atoms with E-state index in [2.05, 4.69) is 18.7 Å². The molecule has 1 aromatic rings. The summed E-state index contributed by atoms with van der Waals surface area (Å²) in [6.45, 7) is 7.18. The molecule has 1 unspecified atom stereocenters. The molecule has 1 saturated heterocycles. The molecule has 1 heterocycles. The summed E-state index contributed by atoms with van der Waals surface area (Å²) < 4.78 is 27.1. The molecule has 0 spiro atoms. The lowest BCUT2D eigenvalue weighted by Gasteiger charge is -2.27. The van der Waals surface area contributed by atoms with E-state index in [9.17, 15) is 13.6 Å². The summed E-state index contributed by atoms with van der Waals surface area (Å²) >= 11 is 1.91. The van der Waals surface area contributed by atoms with Crippen LogP contribution in [0.4, 0.5) is 8.78 Å². The average molecular weight is 342 g/mol. The quantitative estimate of drug-likeness (QED) is 0.821. The van der Waals surface area contributed by atoms with Crippen molar-refractivity contribution in [1.29, 1.82) is 0 Å². The zero-order valence-electron chi connectivity index (χ0n) is 13.7.